The minimum atomic E-state index is -0.663. The van der Waals surface area contributed by atoms with Crippen LogP contribution in [0.3, 0.4) is 0 Å². The summed E-state index contributed by atoms with van der Waals surface area (Å²) in [5.41, 5.74) is 0.640. The number of anilines is 1. The first-order valence-corrected chi connectivity index (χ1v) is 10.0. The van der Waals surface area contributed by atoms with Gasteiger partial charge in [0.05, 0.1) is 40.6 Å². The highest BCUT2D eigenvalue weighted by Crippen LogP contribution is 2.39. The molecule has 1 N–H and O–H groups in total. The molecule has 9 heteroatoms. The van der Waals surface area contributed by atoms with Gasteiger partial charge < -0.3 is 33.7 Å². The second-order valence-electron chi connectivity index (χ2n) is 6.61. The largest absolute Gasteiger partial charge is 0.493 e. The van der Waals surface area contributed by atoms with Crippen LogP contribution in [-0.4, -0.2) is 53.5 Å². The van der Waals surface area contributed by atoms with Gasteiger partial charge in [-0.25, -0.2) is 4.79 Å². The molecule has 2 aromatic carbocycles. The van der Waals surface area contributed by atoms with E-state index in [1.165, 1.54) is 34.5 Å². The van der Waals surface area contributed by atoms with Crippen molar-refractivity contribution < 1.29 is 38.0 Å². The summed E-state index contributed by atoms with van der Waals surface area (Å²) in [5, 5.41) is 2.63. The number of hydrogen-bond acceptors (Lipinski definition) is 8. The third kappa shape index (κ3) is 6.44. The molecule has 174 valence electrons. The van der Waals surface area contributed by atoms with Gasteiger partial charge in [0, 0.05) is 17.8 Å². The third-order valence-electron chi connectivity index (χ3n) is 4.44. The zero-order valence-corrected chi connectivity index (χ0v) is 19.0. The predicted octanol–water partition coefficient (Wildman–Crippen LogP) is 3.70. The molecular formula is C23H29NO8. The number of nitrogens with one attached hydrogen (secondary N) is 1. The van der Waals surface area contributed by atoms with Crippen molar-refractivity contribution >= 4 is 17.6 Å². The van der Waals surface area contributed by atoms with Crippen LogP contribution in [0.1, 0.15) is 30.1 Å². The average molecular weight is 447 g/mol. The van der Waals surface area contributed by atoms with Crippen molar-refractivity contribution in [3.63, 3.8) is 0 Å². The van der Waals surface area contributed by atoms with Crippen LogP contribution in [0.25, 0.3) is 0 Å². The van der Waals surface area contributed by atoms with Crippen LogP contribution in [0.2, 0.25) is 0 Å². The maximum absolute atomic E-state index is 12.4. The molecule has 0 heterocycles. The first-order valence-electron chi connectivity index (χ1n) is 10.0. The molecule has 2 aromatic rings. The Morgan fingerprint density at radius 3 is 2.06 bits per heavy atom. The maximum Gasteiger partial charge on any atom is 0.338 e. The highest BCUT2D eigenvalue weighted by Gasteiger charge is 2.17. The highest BCUT2D eigenvalue weighted by atomic mass is 16.5. The number of esters is 1. The van der Waals surface area contributed by atoms with Crippen LogP contribution in [0, 0.1) is 0 Å². The first kappa shape index (κ1) is 24.6. The molecule has 0 aliphatic carbocycles. The lowest BCUT2D eigenvalue weighted by Gasteiger charge is -2.14. The lowest BCUT2D eigenvalue weighted by atomic mass is 10.2. The molecular weight excluding hydrogens is 418 g/mol. The molecule has 0 saturated carbocycles. The Kier molecular flexibility index (Phi) is 9.46. The smallest absolute Gasteiger partial charge is 0.338 e. The lowest BCUT2D eigenvalue weighted by Crippen LogP contribution is -2.21. The topological polar surface area (TPSA) is 102 Å². The first-order chi connectivity index (χ1) is 15.5. The number of unbranched alkanes of at least 4 members (excludes halogenated alkanes) is 1. The zero-order chi connectivity index (χ0) is 23.5. The van der Waals surface area contributed by atoms with Gasteiger partial charge in [0.1, 0.15) is 0 Å². The van der Waals surface area contributed by atoms with Gasteiger partial charge in [-0.3, -0.25) is 4.79 Å². The van der Waals surface area contributed by atoms with Crippen molar-refractivity contribution in [2.24, 2.45) is 0 Å². The van der Waals surface area contributed by atoms with E-state index in [4.69, 9.17) is 28.4 Å². The van der Waals surface area contributed by atoms with Crippen molar-refractivity contribution in [1.29, 1.82) is 0 Å². The second-order valence-corrected chi connectivity index (χ2v) is 6.61. The number of amides is 1. The number of rotatable bonds is 12. The monoisotopic (exact) mass is 447 g/mol. The number of carbonyl (C=O) groups is 2. The third-order valence-corrected chi connectivity index (χ3v) is 4.44. The van der Waals surface area contributed by atoms with Crippen LogP contribution >= 0.6 is 0 Å². The van der Waals surface area contributed by atoms with E-state index in [9.17, 15) is 9.59 Å². The summed E-state index contributed by atoms with van der Waals surface area (Å²) in [6.07, 6.45) is 1.92. The average Bonchev–Trinajstić information content (AvgIpc) is 2.81. The minimum absolute atomic E-state index is 0.241. The Bertz CT molecular complexity index is 903. The van der Waals surface area contributed by atoms with Gasteiger partial charge in [-0.2, -0.15) is 0 Å². The number of methoxy groups -OCH3 is 4. The molecule has 2 rings (SSSR count). The van der Waals surface area contributed by atoms with Crippen molar-refractivity contribution in [2.75, 3.05) is 47.0 Å². The molecule has 0 aliphatic heterocycles. The van der Waals surface area contributed by atoms with Crippen molar-refractivity contribution in [2.45, 2.75) is 19.8 Å². The molecule has 0 fully saturated rings. The quantitative estimate of drug-likeness (QED) is 0.388. The number of carbonyl (C=O) groups excluding carboxylic acids is 2. The fourth-order valence-corrected chi connectivity index (χ4v) is 2.81. The predicted molar refractivity (Wildman–Crippen MR) is 118 cm³/mol. The summed E-state index contributed by atoms with van der Waals surface area (Å²) in [5.74, 6) is 0.924. The molecule has 0 aliphatic rings. The minimum Gasteiger partial charge on any atom is -0.493 e. The van der Waals surface area contributed by atoms with Crippen molar-refractivity contribution in [3.05, 3.63) is 35.9 Å². The zero-order valence-electron chi connectivity index (χ0n) is 19.0. The molecule has 1 amide bonds. The fourth-order valence-electron chi connectivity index (χ4n) is 2.81. The molecule has 0 spiro atoms. The van der Waals surface area contributed by atoms with Crippen LogP contribution in [0.4, 0.5) is 5.69 Å². The van der Waals surface area contributed by atoms with E-state index in [1.807, 2.05) is 0 Å². The Morgan fingerprint density at radius 2 is 1.50 bits per heavy atom. The highest BCUT2D eigenvalue weighted by molar-refractivity contribution is 5.96. The molecule has 0 saturated heterocycles. The van der Waals surface area contributed by atoms with E-state index in [0.717, 1.165) is 12.8 Å². The molecule has 32 heavy (non-hydrogen) atoms. The van der Waals surface area contributed by atoms with Crippen molar-refractivity contribution in [3.8, 4) is 28.7 Å². The second kappa shape index (κ2) is 12.3. The Balaban J connectivity index is 2.00. The van der Waals surface area contributed by atoms with Gasteiger partial charge in [0.15, 0.2) is 29.6 Å². The van der Waals surface area contributed by atoms with Crippen LogP contribution in [0.5, 0.6) is 28.7 Å². The molecule has 0 unspecified atom stereocenters. The van der Waals surface area contributed by atoms with E-state index in [1.54, 1.807) is 24.3 Å². The standard InChI is InChI=1S/C23H29NO8/c1-6-7-10-31-17-9-8-15(11-18(17)27-2)23(26)32-14-21(25)24-16-12-19(28-3)22(30-5)20(13-16)29-4/h8-9,11-13H,6-7,10,14H2,1-5H3,(H,24,25). The molecule has 0 bridgehead atoms. The summed E-state index contributed by atoms with van der Waals surface area (Å²) in [6.45, 7) is 2.14. The van der Waals surface area contributed by atoms with Crippen LogP contribution in [0.15, 0.2) is 30.3 Å². The Labute approximate surface area is 187 Å². The number of ether oxygens (including phenoxy) is 6. The van der Waals surface area contributed by atoms with Gasteiger partial charge in [0.25, 0.3) is 5.91 Å². The van der Waals surface area contributed by atoms with Gasteiger partial charge in [-0.15, -0.1) is 0 Å². The summed E-state index contributed by atoms with van der Waals surface area (Å²) in [7, 11) is 5.91. The number of hydrogen-bond donors (Lipinski definition) is 1. The van der Waals surface area contributed by atoms with Gasteiger partial charge >= 0.3 is 5.97 Å². The lowest BCUT2D eigenvalue weighted by molar-refractivity contribution is -0.119. The van der Waals surface area contributed by atoms with Crippen molar-refractivity contribution in [1.82, 2.24) is 0 Å². The molecule has 0 radical (unpaired) electrons. The van der Waals surface area contributed by atoms with Crippen LogP contribution < -0.4 is 29.0 Å². The SMILES string of the molecule is CCCCOc1ccc(C(=O)OCC(=O)Nc2cc(OC)c(OC)c(OC)c2)cc1OC. The van der Waals surface area contributed by atoms with Gasteiger partial charge in [-0.1, -0.05) is 13.3 Å². The summed E-state index contributed by atoms with van der Waals surface area (Å²) in [6, 6.07) is 7.86. The van der Waals surface area contributed by atoms with Gasteiger partial charge in [-0.05, 0) is 24.6 Å². The molecule has 9 nitrogen and oxygen atoms in total. The van der Waals surface area contributed by atoms with Gasteiger partial charge in [0.2, 0.25) is 5.75 Å². The van der Waals surface area contributed by atoms with E-state index in [-0.39, 0.29) is 5.56 Å². The summed E-state index contributed by atoms with van der Waals surface area (Å²) >= 11 is 0. The van der Waals surface area contributed by atoms with E-state index in [2.05, 4.69) is 12.2 Å². The molecule has 0 aromatic heterocycles. The van der Waals surface area contributed by atoms with Crippen LogP contribution in [-0.2, 0) is 9.53 Å². The Hall–Kier alpha value is -3.62. The maximum atomic E-state index is 12.4. The van der Waals surface area contributed by atoms with E-state index < -0.39 is 18.5 Å². The Morgan fingerprint density at radius 1 is 0.844 bits per heavy atom. The summed E-state index contributed by atoms with van der Waals surface area (Å²) in [4.78, 5) is 24.7. The summed E-state index contributed by atoms with van der Waals surface area (Å²) < 4.78 is 31.8. The molecule has 0 atom stereocenters. The van der Waals surface area contributed by atoms with E-state index >= 15 is 0 Å². The fraction of sp³-hybridized carbons (Fsp3) is 0.391. The normalized spacial score (nSPS) is 10.2. The number of benzene rings is 2. The van der Waals surface area contributed by atoms with E-state index in [0.29, 0.717) is 41.0 Å².